The fourth-order valence-electron chi connectivity index (χ4n) is 3.15. The summed E-state index contributed by atoms with van der Waals surface area (Å²) in [4.78, 5) is 22.3. The number of carbonyl (C=O) groups is 1. The molecule has 0 radical (unpaired) electrons. The summed E-state index contributed by atoms with van der Waals surface area (Å²) in [5.41, 5.74) is 0.776. The average molecular weight is 374 g/mol. The van der Waals surface area contributed by atoms with Crippen LogP contribution in [0.4, 0.5) is 0 Å². The van der Waals surface area contributed by atoms with Crippen molar-refractivity contribution in [2.24, 2.45) is 5.92 Å². The van der Waals surface area contributed by atoms with Crippen LogP contribution in [-0.4, -0.2) is 54.5 Å². The van der Waals surface area contributed by atoms with Crippen LogP contribution >= 0.6 is 0 Å². The minimum Gasteiger partial charge on any atom is -0.469 e. The second-order valence-electron chi connectivity index (χ2n) is 7.09. The molecule has 152 valence electrons. The molecule has 0 saturated carbocycles. The van der Waals surface area contributed by atoms with Gasteiger partial charge in [-0.3, -0.25) is 4.79 Å². The highest BCUT2D eigenvalue weighted by Crippen LogP contribution is 2.37. The number of rotatable bonds is 10. The standard InChI is InChI=1S/C19H34O7/c1-6-16(21)13(2)10-15(20)8-7-9-19(24-5)12-14(3)17(25-26-19)11-18(22)23-4/h10,14-17,20-21H,6-9,11-12H2,1-5H3. The first-order chi connectivity index (χ1) is 12.3. The molecule has 2 N–H and O–H groups in total. The van der Waals surface area contributed by atoms with Crippen molar-refractivity contribution in [2.45, 2.75) is 83.4 Å². The van der Waals surface area contributed by atoms with Crippen molar-refractivity contribution in [3.63, 3.8) is 0 Å². The topological polar surface area (TPSA) is 94.5 Å². The number of aliphatic hydroxyl groups excluding tert-OH is 2. The summed E-state index contributed by atoms with van der Waals surface area (Å²) in [5.74, 6) is -1.16. The van der Waals surface area contributed by atoms with Gasteiger partial charge >= 0.3 is 5.97 Å². The molecule has 0 bridgehead atoms. The fourth-order valence-corrected chi connectivity index (χ4v) is 3.15. The normalized spacial score (nSPS) is 29.3. The largest absolute Gasteiger partial charge is 0.469 e. The summed E-state index contributed by atoms with van der Waals surface area (Å²) in [6, 6.07) is 0. The minimum absolute atomic E-state index is 0.0644. The Morgan fingerprint density at radius 3 is 2.62 bits per heavy atom. The quantitative estimate of drug-likeness (QED) is 0.345. The SMILES string of the molecule is CCC(O)C(C)=CC(O)CCCC1(OC)CC(C)C(CC(=O)OC)OO1. The van der Waals surface area contributed by atoms with Crippen molar-refractivity contribution in [2.75, 3.05) is 14.2 Å². The van der Waals surface area contributed by atoms with E-state index in [9.17, 15) is 15.0 Å². The summed E-state index contributed by atoms with van der Waals surface area (Å²) in [5, 5.41) is 19.9. The highest BCUT2D eigenvalue weighted by molar-refractivity contribution is 5.69. The molecule has 7 nitrogen and oxygen atoms in total. The van der Waals surface area contributed by atoms with Crippen LogP contribution in [-0.2, 0) is 24.0 Å². The number of ether oxygens (including phenoxy) is 2. The van der Waals surface area contributed by atoms with Crippen molar-refractivity contribution in [3.8, 4) is 0 Å². The van der Waals surface area contributed by atoms with Crippen molar-refractivity contribution < 1.29 is 34.3 Å². The van der Waals surface area contributed by atoms with Crippen LogP contribution < -0.4 is 0 Å². The molecule has 0 amide bonds. The Kier molecular flexibility index (Phi) is 9.74. The molecule has 0 aromatic carbocycles. The number of hydrogen-bond acceptors (Lipinski definition) is 7. The molecule has 1 saturated heterocycles. The van der Waals surface area contributed by atoms with E-state index in [0.29, 0.717) is 32.1 Å². The maximum Gasteiger partial charge on any atom is 0.308 e. The van der Waals surface area contributed by atoms with E-state index < -0.39 is 18.0 Å². The third-order valence-corrected chi connectivity index (χ3v) is 4.98. The summed E-state index contributed by atoms with van der Waals surface area (Å²) in [7, 11) is 2.91. The van der Waals surface area contributed by atoms with Gasteiger partial charge in [-0.15, -0.1) is 0 Å². The molecule has 0 aromatic rings. The lowest BCUT2D eigenvalue weighted by Crippen LogP contribution is -2.46. The van der Waals surface area contributed by atoms with Crippen LogP contribution in [0.2, 0.25) is 0 Å². The summed E-state index contributed by atoms with van der Waals surface area (Å²) in [6.45, 7) is 5.69. The van der Waals surface area contributed by atoms with Crippen LogP contribution in [0.3, 0.4) is 0 Å². The first kappa shape index (κ1) is 23.0. The first-order valence-electron chi connectivity index (χ1n) is 9.27. The van der Waals surface area contributed by atoms with E-state index in [4.69, 9.17) is 14.5 Å². The van der Waals surface area contributed by atoms with Crippen LogP contribution in [0.1, 0.15) is 59.3 Å². The van der Waals surface area contributed by atoms with Crippen molar-refractivity contribution in [1.82, 2.24) is 0 Å². The zero-order valence-electron chi connectivity index (χ0n) is 16.6. The Morgan fingerprint density at radius 1 is 1.38 bits per heavy atom. The number of aliphatic hydroxyl groups is 2. The summed E-state index contributed by atoms with van der Waals surface area (Å²) < 4.78 is 10.2. The summed E-state index contributed by atoms with van der Waals surface area (Å²) >= 11 is 0. The second kappa shape index (κ2) is 11.0. The van der Waals surface area contributed by atoms with Gasteiger partial charge in [-0.1, -0.05) is 19.9 Å². The van der Waals surface area contributed by atoms with Crippen LogP contribution in [0.25, 0.3) is 0 Å². The minimum atomic E-state index is -0.882. The van der Waals surface area contributed by atoms with Gasteiger partial charge in [0, 0.05) is 20.0 Å². The van der Waals surface area contributed by atoms with E-state index in [0.717, 1.165) is 5.57 Å². The highest BCUT2D eigenvalue weighted by Gasteiger charge is 2.42. The Morgan fingerprint density at radius 2 is 2.08 bits per heavy atom. The predicted octanol–water partition coefficient (Wildman–Crippen LogP) is 2.50. The van der Waals surface area contributed by atoms with Gasteiger partial charge in [0.15, 0.2) is 0 Å². The smallest absolute Gasteiger partial charge is 0.308 e. The third kappa shape index (κ3) is 6.96. The monoisotopic (exact) mass is 374 g/mol. The Labute approximate surface area is 156 Å². The zero-order valence-corrected chi connectivity index (χ0v) is 16.6. The molecule has 1 heterocycles. The predicted molar refractivity (Wildman–Crippen MR) is 96.0 cm³/mol. The van der Waals surface area contributed by atoms with Gasteiger partial charge in [0.25, 0.3) is 0 Å². The van der Waals surface area contributed by atoms with E-state index >= 15 is 0 Å². The molecule has 7 heteroatoms. The van der Waals surface area contributed by atoms with E-state index in [-0.39, 0.29) is 24.4 Å². The maximum absolute atomic E-state index is 11.4. The number of esters is 1. The van der Waals surface area contributed by atoms with E-state index in [1.807, 2.05) is 20.8 Å². The molecule has 5 unspecified atom stereocenters. The average Bonchev–Trinajstić information content (AvgIpc) is 2.62. The van der Waals surface area contributed by atoms with Gasteiger partial charge in [-0.2, -0.15) is 0 Å². The van der Waals surface area contributed by atoms with Crippen LogP contribution in [0.15, 0.2) is 11.6 Å². The molecule has 0 spiro atoms. The number of methoxy groups -OCH3 is 2. The Hall–Kier alpha value is -0.990. The van der Waals surface area contributed by atoms with Crippen molar-refractivity contribution >= 4 is 5.97 Å². The van der Waals surface area contributed by atoms with E-state index in [1.54, 1.807) is 13.2 Å². The molecule has 1 fully saturated rings. The van der Waals surface area contributed by atoms with Gasteiger partial charge in [-0.25, -0.2) is 9.78 Å². The van der Waals surface area contributed by atoms with Crippen LogP contribution in [0, 0.1) is 5.92 Å². The molecule has 0 aliphatic carbocycles. The highest BCUT2D eigenvalue weighted by atomic mass is 17.2. The van der Waals surface area contributed by atoms with Crippen molar-refractivity contribution in [3.05, 3.63) is 11.6 Å². The summed E-state index contributed by atoms with van der Waals surface area (Å²) in [6.07, 6.45) is 3.29. The zero-order chi connectivity index (χ0) is 19.7. The van der Waals surface area contributed by atoms with Gasteiger partial charge < -0.3 is 19.7 Å². The Balaban J connectivity index is 2.51. The Bertz CT molecular complexity index is 465. The third-order valence-electron chi connectivity index (χ3n) is 4.98. The molecule has 26 heavy (non-hydrogen) atoms. The van der Waals surface area contributed by atoms with Gasteiger partial charge in [0.2, 0.25) is 5.79 Å². The van der Waals surface area contributed by atoms with Gasteiger partial charge in [-0.05, 0) is 37.7 Å². The molecular weight excluding hydrogens is 340 g/mol. The van der Waals surface area contributed by atoms with E-state index in [1.165, 1.54) is 7.11 Å². The second-order valence-corrected chi connectivity index (χ2v) is 7.09. The van der Waals surface area contributed by atoms with E-state index in [2.05, 4.69) is 4.74 Å². The molecule has 5 atom stereocenters. The lowest BCUT2D eigenvalue weighted by molar-refractivity contribution is -0.475. The lowest BCUT2D eigenvalue weighted by atomic mass is 9.89. The first-order valence-corrected chi connectivity index (χ1v) is 9.27. The molecule has 1 aliphatic rings. The van der Waals surface area contributed by atoms with Crippen LogP contribution in [0.5, 0.6) is 0 Å². The van der Waals surface area contributed by atoms with Gasteiger partial charge in [0.1, 0.15) is 6.10 Å². The molecular formula is C19H34O7. The van der Waals surface area contributed by atoms with Gasteiger partial charge in [0.05, 0.1) is 25.7 Å². The molecule has 0 aromatic heterocycles. The maximum atomic E-state index is 11.4. The number of carbonyl (C=O) groups excluding carboxylic acids is 1. The number of hydrogen-bond donors (Lipinski definition) is 2. The lowest BCUT2D eigenvalue weighted by Gasteiger charge is -2.40. The molecule has 1 rings (SSSR count). The van der Waals surface area contributed by atoms with Crippen molar-refractivity contribution in [1.29, 1.82) is 0 Å². The fraction of sp³-hybridized carbons (Fsp3) is 0.842. The molecule has 1 aliphatic heterocycles.